The van der Waals surface area contributed by atoms with Gasteiger partial charge in [-0.05, 0) is 18.1 Å². The fourth-order valence-corrected chi connectivity index (χ4v) is 2.10. The molecule has 0 amide bonds. The lowest BCUT2D eigenvalue weighted by Gasteiger charge is -2.14. The summed E-state index contributed by atoms with van der Waals surface area (Å²) in [5.74, 6) is -0.907. The first-order valence-electron chi connectivity index (χ1n) is 5.38. The molecule has 0 bridgehead atoms. The molecule has 1 aromatic carbocycles. The highest BCUT2D eigenvalue weighted by molar-refractivity contribution is 6.39. The fourth-order valence-electron chi connectivity index (χ4n) is 1.43. The van der Waals surface area contributed by atoms with Gasteiger partial charge >= 0.3 is 5.97 Å². The van der Waals surface area contributed by atoms with Crippen molar-refractivity contribution in [3.8, 4) is 5.75 Å². The van der Waals surface area contributed by atoms with E-state index in [0.29, 0.717) is 23.6 Å². The predicted molar refractivity (Wildman–Crippen MR) is 70.2 cm³/mol. The molecular formula is C12H14Cl2O4. The first-order valence-corrected chi connectivity index (χ1v) is 6.14. The van der Waals surface area contributed by atoms with E-state index >= 15 is 0 Å². The number of rotatable bonds is 6. The second-order valence-corrected chi connectivity index (χ2v) is 4.30. The number of aryl methyl sites for hydroxylation is 1. The van der Waals surface area contributed by atoms with Crippen molar-refractivity contribution >= 4 is 29.2 Å². The normalized spacial score (nSPS) is 10.4. The van der Waals surface area contributed by atoms with Crippen LogP contribution in [-0.4, -0.2) is 31.4 Å². The lowest BCUT2D eigenvalue weighted by molar-refractivity contribution is 0.0696. The minimum Gasteiger partial charge on any atom is -0.488 e. The van der Waals surface area contributed by atoms with Crippen LogP contribution in [0.1, 0.15) is 22.8 Å². The van der Waals surface area contributed by atoms with Crippen molar-refractivity contribution in [3.05, 3.63) is 27.2 Å². The summed E-state index contributed by atoms with van der Waals surface area (Å²) >= 11 is 12.1. The van der Waals surface area contributed by atoms with Crippen molar-refractivity contribution in [1.29, 1.82) is 0 Å². The Morgan fingerprint density at radius 3 is 2.50 bits per heavy atom. The Bertz CT molecular complexity index is 446. The molecule has 0 atom stereocenters. The second kappa shape index (κ2) is 6.83. The van der Waals surface area contributed by atoms with Gasteiger partial charge < -0.3 is 14.6 Å². The molecule has 0 fully saturated rings. The van der Waals surface area contributed by atoms with E-state index < -0.39 is 5.97 Å². The van der Waals surface area contributed by atoms with Crippen LogP contribution < -0.4 is 4.74 Å². The van der Waals surface area contributed by atoms with E-state index in [1.165, 1.54) is 13.2 Å². The lowest BCUT2D eigenvalue weighted by atomic mass is 10.1. The maximum atomic E-state index is 11.1. The van der Waals surface area contributed by atoms with Crippen LogP contribution in [0.4, 0.5) is 0 Å². The Balaban J connectivity index is 3.20. The average Bonchev–Trinajstić information content (AvgIpc) is 2.33. The third kappa shape index (κ3) is 3.28. The fraction of sp³-hybridized carbons (Fsp3) is 0.417. The number of methoxy groups -OCH3 is 1. The van der Waals surface area contributed by atoms with E-state index in [-0.39, 0.29) is 22.9 Å². The number of carbonyl (C=O) groups is 1. The molecule has 0 spiro atoms. The van der Waals surface area contributed by atoms with E-state index in [4.69, 9.17) is 37.8 Å². The van der Waals surface area contributed by atoms with E-state index in [0.717, 1.165) is 0 Å². The van der Waals surface area contributed by atoms with Gasteiger partial charge in [0.15, 0.2) is 5.75 Å². The summed E-state index contributed by atoms with van der Waals surface area (Å²) in [6.07, 6.45) is 0.594. The average molecular weight is 293 g/mol. The highest BCUT2D eigenvalue weighted by Crippen LogP contribution is 2.38. The van der Waals surface area contributed by atoms with Gasteiger partial charge in [-0.25, -0.2) is 4.79 Å². The molecule has 1 N–H and O–H groups in total. The van der Waals surface area contributed by atoms with Crippen molar-refractivity contribution in [2.45, 2.75) is 13.3 Å². The minimum absolute atomic E-state index is 0.00895. The van der Waals surface area contributed by atoms with Gasteiger partial charge in [0, 0.05) is 7.11 Å². The van der Waals surface area contributed by atoms with Gasteiger partial charge in [0.25, 0.3) is 0 Å². The van der Waals surface area contributed by atoms with Gasteiger partial charge in [-0.15, -0.1) is 0 Å². The molecule has 0 aliphatic rings. The molecule has 0 aromatic heterocycles. The Morgan fingerprint density at radius 1 is 1.33 bits per heavy atom. The minimum atomic E-state index is -1.11. The highest BCUT2D eigenvalue weighted by atomic mass is 35.5. The molecule has 0 radical (unpaired) electrons. The van der Waals surface area contributed by atoms with Crippen LogP contribution in [-0.2, 0) is 11.2 Å². The Morgan fingerprint density at radius 2 is 2.00 bits per heavy atom. The number of aromatic carboxylic acids is 1. The van der Waals surface area contributed by atoms with Crippen molar-refractivity contribution in [1.82, 2.24) is 0 Å². The number of carboxylic acid groups (broad SMARTS) is 1. The number of hydrogen-bond acceptors (Lipinski definition) is 3. The summed E-state index contributed by atoms with van der Waals surface area (Å²) in [7, 11) is 1.54. The zero-order valence-electron chi connectivity index (χ0n) is 10.1. The quantitative estimate of drug-likeness (QED) is 0.818. The van der Waals surface area contributed by atoms with Gasteiger partial charge in [0.05, 0.1) is 22.2 Å². The lowest BCUT2D eigenvalue weighted by Crippen LogP contribution is -2.08. The molecule has 0 unspecified atom stereocenters. The number of ether oxygens (including phenoxy) is 2. The molecule has 4 nitrogen and oxygen atoms in total. The second-order valence-electron chi connectivity index (χ2n) is 3.54. The van der Waals surface area contributed by atoms with Gasteiger partial charge in [-0.1, -0.05) is 30.1 Å². The largest absolute Gasteiger partial charge is 0.488 e. The Labute approximate surface area is 115 Å². The first-order chi connectivity index (χ1) is 8.52. The summed E-state index contributed by atoms with van der Waals surface area (Å²) in [4.78, 5) is 11.1. The Kier molecular flexibility index (Phi) is 5.72. The van der Waals surface area contributed by atoms with Crippen molar-refractivity contribution < 1.29 is 19.4 Å². The van der Waals surface area contributed by atoms with Gasteiger partial charge in [-0.2, -0.15) is 0 Å². The smallest absolute Gasteiger partial charge is 0.337 e. The first kappa shape index (κ1) is 15.1. The van der Waals surface area contributed by atoms with Crippen LogP contribution in [0, 0.1) is 0 Å². The third-order valence-corrected chi connectivity index (χ3v) is 3.17. The number of carboxylic acids is 1. The maximum Gasteiger partial charge on any atom is 0.337 e. The molecule has 0 aliphatic carbocycles. The predicted octanol–water partition coefficient (Wildman–Crippen LogP) is 3.28. The third-order valence-electron chi connectivity index (χ3n) is 2.38. The van der Waals surface area contributed by atoms with Crippen molar-refractivity contribution in [3.63, 3.8) is 0 Å². The number of hydrogen-bond donors (Lipinski definition) is 1. The molecule has 0 aliphatic heterocycles. The molecule has 100 valence electrons. The van der Waals surface area contributed by atoms with Crippen LogP contribution >= 0.6 is 23.2 Å². The van der Waals surface area contributed by atoms with Crippen molar-refractivity contribution in [2.75, 3.05) is 20.3 Å². The van der Waals surface area contributed by atoms with E-state index in [1.807, 2.05) is 6.92 Å². The molecule has 18 heavy (non-hydrogen) atoms. The molecule has 0 saturated carbocycles. The number of halogens is 2. The summed E-state index contributed by atoms with van der Waals surface area (Å²) in [5, 5.41) is 9.43. The zero-order chi connectivity index (χ0) is 13.7. The van der Waals surface area contributed by atoms with Crippen LogP contribution in [0.5, 0.6) is 5.75 Å². The van der Waals surface area contributed by atoms with Gasteiger partial charge in [-0.3, -0.25) is 0 Å². The molecule has 6 heteroatoms. The molecule has 1 rings (SSSR count). The maximum absolute atomic E-state index is 11.1. The molecule has 0 saturated heterocycles. The monoisotopic (exact) mass is 292 g/mol. The van der Waals surface area contributed by atoms with Crippen LogP contribution in [0.2, 0.25) is 10.0 Å². The summed E-state index contributed by atoms with van der Waals surface area (Å²) < 4.78 is 10.2. The Hall–Kier alpha value is -0.970. The summed E-state index contributed by atoms with van der Waals surface area (Å²) in [6, 6.07) is 1.47. The van der Waals surface area contributed by atoms with Crippen LogP contribution in [0.25, 0.3) is 0 Å². The molecule has 1 aromatic rings. The van der Waals surface area contributed by atoms with E-state index in [9.17, 15) is 4.79 Å². The van der Waals surface area contributed by atoms with E-state index in [2.05, 4.69) is 0 Å². The van der Waals surface area contributed by atoms with Crippen LogP contribution in [0.15, 0.2) is 6.07 Å². The summed E-state index contributed by atoms with van der Waals surface area (Å²) in [6.45, 7) is 2.49. The van der Waals surface area contributed by atoms with Crippen molar-refractivity contribution in [2.24, 2.45) is 0 Å². The standard InChI is InChI=1S/C12H14Cl2O4/c1-3-7-6-8(12(15)16)10(14)11(9(7)13)18-5-4-17-2/h6H,3-5H2,1-2H3,(H,15,16). The van der Waals surface area contributed by atoms with Gasteiger partial charge in [0.2, 0.25) is 0 Å². The summed E-state index contributed by atoms with van der Waals surface area (Å²) in [5.41, 5.74) is 0.677. The number of benzene rings is 1. The SMILES string of the molecule is CCc1cc(C(=O)O)c(Cl)c(OCCOC)c1Cl. The molecule has 0 heterocycles. The molecular weight excluding hydrogens is 279 g/mol. The van der Waals surface area contributed by atoms with E-state index in [1.54, 1.807) is 0 Å². The van der Waals surface area contributed by atoms with Gasteiger partial charge in [0.1, 0.15) is 6.61 Å². The topological polar surface area (TPSA) is 55.8 Å². The highest BCUT2D eigenvalue weighted by Gasteiger charge is 2.20. The van der Waals surface area contributed by atoms with Crippen LogP contribution in [0.3, 0.4) is 0 Å². The zero-order valence-corrected chi connectivity index (χ0v) is 11.6.